The second-order valence-corrected chi connectivity index (χ2v) is 12.2. The number of nitrogens with zero attached hydrogens (tertiary/aromatic N) is 3. The molecule has 1 aliphatic carbocycles. The lowest BCUT2D eigenvalue weighted by Crippen LogP contribution is -2.49. The van der Waals surface area contributed by atoms with Crippen molar-refractivity contribution in [2.75, 3.05) is 26.7 Å². The Morgan fingerprint density at radius 3 is 2.71 bits per heavy atom. The number of piperidine rings is 1. The zero-order valence-corrected chi connectivity index (χ0v) is 24.6. The van der Waals surface area contributed by atoms with Gasteiger partial charge in [0.15, 0.2) is 0 Å². The van der Waals surface area contributed by atoms with Gasteiger partial charge in [-0.15, -0.1) is 0 Å². The van der Waals surface area contributed by atoms with E-state index >= 15 is 0 Å². The molecule has 0 radical (unpaired) electrons. The monoisotopic (exact) mass is 594 g/mol. The Morgan fingerprint density at radius 1 is 1.19 bits per heavy atom. The van der Waals surface area contributed by atoms with Gasteiger partial charge in [-0.05, 0) is 62.3 Å². The van der Waals surface area contributed by atoms with Gasteiger partial charge in [-0.1, -0.05) is 41.9 Å². The molecule has 3 aromatic rings. The van der Waals surface area contributed by atoms with Crippen LogP contribution in [-0.2, 0) is 10.4 Å². The third-order valence-electron chi connectivity index (χ3n) is 9.07. The van der Waals surface area contributed by atoms with Gasteiger partial charge in [-0.2, -0.15) is 0 Å². The molecule has 0 bridgehead atoms. The minimum absolute atomic E-state index is 0.0373. The second-order valence-electron chi connectivity index (χ2n) is 11.8. The molecular weight excluding hydrogens is 556 g/mol. The molecule has 42 heavy (non-hydrogen) atoms. The third-order valence-corrected chi connectivity index (χ3v) is 9.39. The number of carbonyl (C=O) groups is 2. The third kappa shape index (κ3) is 6.10. The van der Waals surface area contributed by atoms with Crippen molar-refractivity contribution in [1.82, 2.24) is 14.8 Å². The first kappa shape index (κ1) is 30.2. The zero-order chi connectivity index (χ0) is 30.0. The summed E-state index contributed by atoms with van der Waals surface area (Å²) >= 11 is 6.85. The quantitative estimate of drug-likeness (QED) is 0.302. The highest BCUT2D eigenvalue weighted by molar-refractivity contribution is 6.33. The number of aromatic nitrogens is 1. The van der Waals surface area contributed by atoms with E-state index in [2.05, 4.69) is 4.98 Å². The molecule has 10 heteroatoms. The number of aliphatic hydroxyl groups excluding tert-OH is 1. The number of pyridine rings is 1. The number of amides is 2. The lowest BCUT2D eigenvalue weighted by atomic mass is 9.72. The number of carboxylic acid groups (broad SMARTS) is 1. The summed E-state index contributed by atoms with van der Waals surface area (Å²) in [5.74, 6) is -0.697. The maximum atomic E-state index is 13.5. The van der Waals surface area contributed by atoms with Crippen LogP contribution in [0, 0.1) is 11.8 Å². The van der Waals surface area contributed by atoms with E-state index in [1.807, 2.05) is 42.5 Å². The minimum Gasteiger partial charge on any atom is -0.465 e. The SMILES string of the molecule is CN(CCCC(O)(c1cccc(Cl)c1-c1cnc2ccccc2c1)C1CCCN(C(=O)C2CC(N)C(O)C2)C1)C(=O)O. The van der Waals surface area contributed by atoms with E-state index in [1.165, 1.54) is 11.9 Å². The number of halogens is 1. The number of nitrogens with two attached hydrogens (primary N) is 1. The summed E-state index contributed by atoms with van der Waals surface area (Å²) in [5, 5.41) is 33.7. The number of para-hydroxylation sites is 1. The fraction of sp³-hybridized carbons (Fsp3) is 0.469. The van der Waals surface area contributed by atoms with Crippen molar-refractivity contribution in [1.29, 1.82) is 0 Å². The number of carbonyl (C=O) groups excluding carboxylic acids is 1. The fourth-order valence-electron chi connectivity index (χ4n) is 6.70. The standard InChI is InChI=1S/C32H39ClN4O5/c1-36(31(40)41)13-6-12-32(42,23-8-5-14-37(19-23)30(39)21-16-26(34)28(38)17-21)24-9-4-10-25(33)29(24)22-15-20-7-2-3-11-27(20)35-18-22/h2-4,7,9-11,15,18,21,23,26,28,38,42H,5-6,8,12-14,16-17,19,34H2,1H3,(H,40,41). The van der Waals surface area contributed by atoms with E-state index in [9.17, 15) is 24.9 Å². The predicted octanol–water partition coefficient (Wildman–Crippen LogP) is 4.47. The Morgan fingerprint density at radius 2 is 1.98 bits per heavy atom. The molecule has 2 amide bonds. The zero-order valence-electron chi connectivity index (χ0n) is 23.8. The molecule has 1 saturated carbocycles. The highest BCUT2D eigenvalue weighted by atomic mass is 35.5. The summed E-state index contributed by atoms with van der Waals surface area (Å²) in [7, 11) is 1.51. The Hall–Kier alpha value is -3.24. The van der Waals surface area contributed by atoms with Crippen molar-refractivity contribution in [3.63, 3.8) is 0 Å². The maximum absolute atomic E-state index is 13.5. The summed E-state index contributed by atoms with van der Waals surface area (Å²) in [6.45, 7) is 1.16. The molecule has 1 saturated heterocycles. The van der Waals surface area contributed by atoms with Crippen LogP contribution in [0.3, 0.4) is 0 Å². The van der Waals surface area contributed by atoms with Crippen molar-refractivity contribution in [2.45, 2.75) is 56.3 Å². The lowest BCUT2D eigenvalue weighted by Gasteiger charge is -2.44. The molecule has 1 aliphatic heterocycles. The van der Waals surface area contributed by atoms with Crippen LogP contribution >= 0.6 is 11.6 Å². The number of hydrogen-bond donors (Lipinski definition) is 4. The van der Waals surface area contributed by atoms with Crippen LogP contribution in [0.4, 0.5) is 4.79 Å². The summed E-state index contributed by atoms with van der Waals surface area (Å²) in [4.78, 5) is 32.6. The van der Waals surface area contributed by atoms with Gasteiger partial charge in [-0.3, -0.25) is 9.78 Å². The molecule has 2 heterocycles. The first-order valence-corrected chi connectivity index (χ1v) is 15.0. The van der Waals surface area contributed by atoms with Gasteiger partial charge < -0.3 is 30.9 Å². The number of aliphatic hydroxyl groups is 2. The van der Waals surface area contributed by atoms with Crippen molar-refractivity contribution >= 4 is 34.5 Å². The van der Waals surface area contributed by atoms with Crippen LogP contribution in [-0.4, -0.2) is 80.9 Å². The summed E-state index contributed by atoms with van der Waals surface area (Å²) in [6.07, 6.45) is 2.92. The molecule has 2 fully saturated rings. The molecule has 224 valence electrons. The van der Waals surface area contributed by atoms with Crippen LogP contribution in [0.1, 0.15) is 44.1 Å². The largest absolute Gasteiger partial charge is 0.465 e. The highest BCUT2D eigenvalue weighted by Crippen LogP contribution is 2.46. The van der Waals surface area contributed by atoms with Crippen molar-refractivity contribution in [3.8, 4) is 11.1 Å². The highest BCUT2D eigenvalue weighted by Gasteiger charge is 2.45. The number of hydrogen-bond acceptors (Lipinski definition) is 6. The van der Waals surface area contributed by atoms with Crippen molar-refractivity contribution < 1.29 is 24.9 Å². The first-order valence-electron chi connectivity index (χ1n) is 14.6. The Kier molecular flexibility index (Phi) is 9.03. The van der Waals surface area contributed by atoms with Gasteiger partial charge in [0, 0.05) is 72.3 Å². The van der Waals surface area contributed by atoms with E-state index in [1.54, 1.807) is 17.2 Å². The average Bonchev–Trinajstić information content (AvgIpc) is 3.33. The minimum atomic E-state index is -1.41. The smallest absolute Gasteiger partial charge is 0.407 e. The van der Waals surface area contributed by atoms with Crippen LogP contribution < -0.4 is 5.73 Å². The maximum Gasteiger partial charge on any atom is 0.407 e. The normalized spacial score (nSPS) is 24.0. The van der Waals surface area contributed by atoms with Crippen molar-refractivity contribution in [3.05, 3.63) is 65.3 Å². The van der Waals surface area contributed by atoms with E-state index in [-0.39, 0.29) is 30.7 Å². The van der Waals surface area contributed by atoms with E-state index < -0.39 is 23.8 Å². The number of benzene rings is 2. The Balaban J connectivity index is 1.52. The van der Waals surface area contributed by atoms with Gasteiger partial charge in [0.2, 0.25) is 5.91 Å². The molecule has 2 aliphatic rings. The Bertz CT molecular complexity index is 1440. The first-order chi connectivity index (χ1) is 20.1. The van der Waals surface area contributed by atoms with Crippen molar-refractivity contribution in [2.24, 2.45) is 17.6 Å². The summed E-state index contributed by atoms with van der Waals surface area (Å²) < 4.78 is 0. The molecule has 5 atom stereocenters. The Labute approximate surface area is 250 Å². The van der Waals surface area contributed by atoms with Gasteiger partial charge in [0.05, 0.1) is 17.2 Å². The molecule has 5 N–H and O–H groups in total. The van der Waals surface area contributed by atoms with E-state index in [0.717, 1.165) is 16.5 Å². The molecule has 0 spiro atoms. The summed E-state index contributed by atoms with van der Waals surface area (Å²) in [5.41, 5.74) is 7.54. The van der Waals surface area contributed by atoms with Crippen LogP contribution in [0.25, 0.3) is 22.0 Å². The predicted molar refractivity (Wildman–Crippen MR) is 162 cm³/mol. The number of likely N-dealkylation sites (tertiary alicyclic amines) is 1. The molecule has 5 rings (SSSR count). The van der Waals surface area contributed by atoms with Crippen LogP contribution in [0.2, 0.25) is 5.02 Å². The molecular formula is C32H39ClN4O5. The summed E-state index contributed by atoms with van der Waals surface area (Å²) in [6, 6.07) is 14.9. The van der Waals surface area contributed by atoms with Gasteiger partial charge in [-0.25, -0.2) is 4.79 Å². The van der Waals surface area contributed by atoms with Gasteiger partial charge in [0.1, 0.15) is 0 Å². The number of rotatable bonds is 8. The second kappa shape index (κ2) is 12.6. The molecule has 1 aromatic heterocycles. The average molecular weight is 595 g/mol. The molecule has 2 aromatic carbocycles. The molecule has 5 unspecified atom stereocenters. The van der Waals surface area contributed by atoms with Gasteiger partial charge in [0.25, 0.3) is 0 Å². The van der Waals surface area contributed by atoms with E-state index in [0.29, 0.717) is 61.3 Å². The van der Waals surface area contributed by atoms with Crippen LogP contribution in [0.5, 0.6) is 0 Å². The van der Waals surface area contributed by atoms with E-state index in [4.69, 9.17) is 17.3 Å². The fourth-order valence-corrected chi connectivity index (χ4v) is 6.98. The lowest BCUT2D eigenvalue weighted by molar-refractivity contribution is -0.141. The topological polar surface area (TPSA) is 140 Å². The number of fused-ring (bicyclic) bond motifs is 1. The molecule has 9 nitrogen and oxygen atoms in total. The van der Waals surface area contributed by atoms with Crippen LogP contribution in [0.15, 0.2) is 54.7 Å². The van der Waals surface area contributed by atoms with Gasteiger partial charge >= 0.3 is 6.09 Å².